The molecule has 1 fully saturated rings. The molecule has 286 valence electrons. The first-order valence-corrected chi connectivity index (χ1v) is 17.7. The van der Waals surface area contributed by atoms with Crippen LogP contribution in [0.1, 0.15) is 34.1 Å². The number of alkyl halides is 3. The minimum Gasteiger partial charge on any atom is -0.490 e. The van der Waals surface area contributed by atoms with Gasteiger partial charge in [-0.05, 0) is 48.7 Å². The quantitative estimate of drug-likeness (QED) is 0.167. The first-order chi connectivity index (χ1) is 25.8. The Kier molecular flexibility index (Phi) is 12.2. The van der Waals surface area contributed by atoms with Gasteiger partial charge in [-0.1, -0.05) is 60.1 Å². The van der Waals surface area contributed by atoms with Crippen molar-refractivity contribution in [1.82, 2.24) is 25.4 Å². The number of ether oxygens (including phenoxy) is 1. The number of pyridine rings is 1. The number of aliphatic hydroxyl groups excluding tert-OH is 2. The lowest BCUT2D eigenvalue weighted by Gasteiger charge is -2.41. The van der Waals surface area contributed by atoms with Crippen LogP contribution in [0.2, 0.25) is 5.02 Å². The molecule has 0 saturated carbocycles. The summed E-state index contributed by atoms with van der Waals surface area (Å²) in [6.45, 7) is -1.98. The molecule has 2 aliphatic heterocycles. The van der Waals surface area contributed by atoms with Crippen LogP contribution in [0.3, 0.4) is 0 Å². The van der Waals surface area contributed by atoms with E-state index >= 15 is 0 Å². The van der Waals surface area contributed by atoms with Crippen LogP contribution >= 0.6 is 11.6 Å². The van der Waals surface area contributed by atoms with Gasteiger partial charge in [0.25, 0.3) is 5.91 Å². The molecule has 1 saturated heterocycles. The number of benzene rings is 2. The molecule has 54 heavy (non-hydrogen) atoms. The number of rotatable bonds is 12. The lowest BCUT2D eigenvalue weighted by molar-refractivity contribution is -0.143. The molecule has 2 aliphatic rings. The average Bonchev–Trinajstić information content (AvgIpc) is 3.65. The number of amides is 3. The molecule has 4 heterocycles. The van der Waals surface area contributed by atoms with Crippen molar-refractivity contribution in [3.05, 3.63) is 107 Å². The highest BCUT2D eigenvalue weighted by molar-refractivity contribution is 6.30. The van der Waals surface area contributed by atoms with Crippen molar-refractivity contribution in [2.24, 2.45) is 5.92 Å². The minimum absolute atomic E-state index is 0.0269. The third-order valence-electron chi connectivity index (χ3n) is 9.38. The zero-order chi connectivity index (χ0) is 38.4. The molecule has 6 rings (SSSR count). The Bertz CT molecular complexity index is 1910. The van der Waals surface area contributed by atoms with Crippen LogP contribution < -0.4 is 15.4 Å². The molecule has 5 atom stereocenters. The predicted octanol–water partition coefficient (Wildman–Crippen LogP) is 4.02. The van der Waals surface area contributed by atoms with Gasteiger partial charge in [-0.2, -0.15) is 13.2 Å². The van der Waals surface area contributed by atoms with E-state index in [1.807, 2.05) is 35.6 Å². The van der Waals surface area contributed by atoms with Crippen LogP contribution in [0.25, 0.3) is 11.5 Å². The number of furan rings is 1. The number of piperazine rings is 1. The first kappa shape index (κ1) is 38.8. The van der Waals surface area contributed by atoms with E-state index in [1.54, 1.807) is 42.5 Å². The molecule has 0 aliphatic carbocycles. The number of nitrogens with one attached hydrogen (secondary N) is 2. The summed E-state index contributed by atoms with van der Waals surface area (Å²) in [7, 11) is 0. The summed E-state index contributed by atoms with van der Waals surface area (Å²) in [6, 6.07) is 20.4. The van der Waals surface area contributed by atoms with Crippen LogP contribution in [0.15, 0.2) is 89.5 Å². The van der Waals surface area contributed by atoms with Crippen LogP contribution in [-0.2, 0) is 16.0 Å². The van der Waals surface area contributed by atoms with Gasteiger partial charge in [-0.15, -0.1) is 0 Å². The highest BCUT2D eigenvalue weighted by atomic mass is 35.5. The number of carbonyl (C=O) groups is 3. The number of fused-ring (bicyclic) bond motifs is 1. The van der Waals surface area contributed by atoms with Gasteiger partial charge in [-0.3, -0.25) is 24.3 Å². The van der Waals surface area contributed by atoms with E-state index in [0.29, 0.717) is 27.8 Å². The number of carbonyl (C=O) groups excluding carboxylic acids is 3. The summed E-state index contributed by atoms with van der Waals surface area (Å²) in [5, 5.41) is 27.5. The van der Waals surface area contributed by atoms with Gasteiger partial charge in [0.1, 0.15) is 36.7 Å². The predicted molar refractivity (Wildman–Crippen MR) is 190 cm³/mol. The van der Waals surface area contributed by atoms with Crippen molar-refractivity contribution in [3.8, 4) is 17.2 Å². The molecule has 0 radical (unpaired) electrons. The van der Waals surface area contributed by atoms with E-state index in [2.05, 4.69) is 10.3 Å². The molecule has 1 unspecified atom stereocenters. The second kappa shape index (κ2) is 17.0. The van der Waals surface area contributed by atoms with Crippen molar-refractivity contribution in [1.29, 1.82) is 0 Å². The van der Waals surface area contributed by atoms with Gasteiger partial charge in [0, 0.05) is 43.9 Å². The summed E-state index contributed by atoms with van der Waals surface area (Å²) in [5.41, 5.74) is 1.85. The molecular formula is C38H39ClF3N5O7. The molecule has 4 aromatic rings. The average molecular weight is 770 g/mol. The van der Waals surface area contributed by atoms with Gasteiger partial charge in [-0.25, -0.2) is 0 Å². The van der Waals surface area contributed by atoms with Crippen molar-refractivity contribution in [3.63, 3.8) is 0 Å². The number of hydrogen-bond donors (Lipinski definition) is 4. The fourth-order valence-electron chi connectivity index (χ4n) is 6.69. The van der Waals surface area contributed by atoms with E-state index in [9.17, 15) is 37.8 Å². The van der Waals surface area contributed by atoms with Gasteiger partial charge in [0.15, 0.2) is 11.5 Å². The van der Waals surface area contributed by atoms with Gasteiger partial charge in [0.2, 0.25) is 11.8 Å². The molecule has 16 heteroatoms. The molecular weight excluding hydrogens is 731 g/mol. The van der Waals surface area contributed by atoms with Gasteiger partial charge >= 0.3 is 6.18 Å². The molecule has 2 aromatic heterocycles. The number of aromatic nitrogens is 1. The maximum Gasteiger partial charge on any atom is 0.405 e. The first-order valence-electron chi connectivity index (χ1n) is 17.4. The number of halogens is 4. The number of hydrogen-bond acceptors (Lipinski definition) is 9. The third-order valence-corrected chi connectivity index (χ3v) is 9.61. The molecule has 12 nitrogen and oxygen atoms in total. The maximum absolute atomic E-state index is 13.9. The molecule has 2 aromatic carbocycles. The number of β-amino-alcohol motifs (C(OH)–C–C–N with tert-alkyl or cyclic N) is 1. The monoisotopic (exact) mass is 769 g/mol. The molecule has 3 amide bonds. The Morgan fingerprint density at radius 3 is 2.50 bits per heavy atom. The zero-order valence-electron chi connectivity index (χ0n) is 28.9. The van der Waals surface area contributed by atoms with E-state index in [4.69, 9.17) is 20.8 Å². The summed E-state index contributed by atoms with van der Waals surface area (Å²) in [6.07, 6.45) is -5.34. The number of aliphatic hydroxyl groups is 2. The van der Waals surface area contributed by atoms with Gasteiger partial charge in [0.05, 0.1) is 17.2 Å². The normalized spacial score (nSPS) is 20.0. The second-order valence-electron chi connectivity index (χ2n) is 13.3. The van der Waals surface area contributed by atoms with Crippen molar-refractivity contribution >= 4 is 29.3 Å². The summed E-state index contributed by atoms with van der Waals surface area (Å²) < 4.78 is 50.8. The number of para-hydroxylation sites is 1. The smallest absolute Gasteiger partial charge is 0.405 e. The SMILES string of the molecule is O=C(NCC(F)(F)F)C1CN(C(=O)c2ccc(-c3ccc(Cl)cn3)o2)CCN1C[C@@H](O)C[C@@H](Cc1ccccc1)C(=O)N[C@H]1c2ccccc2OC[C@H]1O. The highest BCUT2D eigenvalue weighted by Crippen LogP contribution is 2.33. The Labute approximate surface area is 313 Å². The maximum atomic E-state index is 13.9. The Balaban J connectivity index is 1.17. The lowest BCUT2D eigenvalue weighted by Crippen LogP contribution is -2.61. The van der Waals surface area contributed by atoms with Crippen LogP contribution in [0, 0.1) is 5.92 Å². The Morgan fingerprint density at radius 1 is 1.00 bits per heavy atom. The molecule has 0 bridgehead atoms. The Morgan fingerprint density at radius 2 is 1.76 bits per heavy atom. The molecule has 0 spiro atoms. The van der Waals surface area contributed by atoms with E-state index in [0.717, 1.165) is 5.56 Å². The largest absolute Gasteiger partial charge is 0.490 e. The lowest BCUT2D eigenvalue weighted by atomic mass is 9.90. The van der Waals surface area contributed by atoms with Crippen molar-refractivity contribution in [2.75, 3.05) is 39.3 Å². The Hall–Kier alpha value is -4.96. The fraction of sp³-hybridized carbons (Fsp3) is 0.368. The van der Waals surface area contributed by atoms with Gasteiger partial charge < -0.3 is 34.9 Å². The second-order valence-corrected chi connectivity index (χ2v) is 13.7. The third kappa shape index (κ3) is 9.77. The fourth-order valence-corrected chi connectivity index (χ4v) is 6.81. The van der Waals surface area contributed by atoms with Crippen molar-refractivity contribution in [2.45, 2.75) is 43.3 Å². The summed E-state index contributed by atoms with van der Waals surface area (Å²) >= 11 is 5.91. The van der Waals surface area contributed by atoms with E-state index in [-0.39, 0.29) is 51.4 Å². The number of nitrogens with zero attached hydrogens (tertiary/aromatic N) is 3. The minimum atomic E-state index is -4.68. The molecule has 4 N–H and O–H groups in total. The highest BCUT2D eigenvalue weighted by Gasteiger charge is 2.39. The van der Waals surface area contributed by atoms with E-state index < -0.39 is 60.7 Å². The topological polar surface area (TPSA) is 157 Å². The zero-order valence-corrected chi connectivity index (χ0v) is 29.7. The van der Waals surface area contributed by atoms with Crippen LogP contribution in [0.5, 0.6) is 5.75 Å². The van der Waals surface area contributed by atoms with E-state index in [1.165, 1.54) is 22.1 Å². The van der Waals surface area contributed by atoms with Crippen molar-refractivity contribution < 1.29 is 46.9 Å². The summed E-state index contributed by atoms with van der Waals surface area (Å²) in [5.74, 6) is -2.02. The summed E-state index contributed by atoms with van der Waals surface area (Å²) in [4.78, 5) is 47.7. The standard InChI is InChI=1S/C38H39ClF3N5O7/c39-25-10-11-28(43-18-25)32-12-13-33(54-32)37(52)47-15-14-46(29(20-47)36(51)44-22-38(40,41)42)19-26(48)17-24(16-23-6-2-1-3-7-23)35(50)45-34-27-8-4-5-9-31(27)53-21-30(34)49/h1-13,18,24,26,29-30,34,48-49H,14-17,19-22H2,(H,44,51)(H,45,50)/t24-,26+,29?,30-,34+/m1/s1. The van der Waals surface area contributed by atoms with Crippen LogP contribution in [0.4, 0.5) is 13.2 Å². The van der Waals surface area contributed by atoms with Crippen LogP contribution in [-0.4, -0.2) is 106 Å².